The summed E-state index contributed by atoms with van der Waals surface area (Å²) in [6, 6.07) is 0.424. The first-order chi connectivity index (χ1) is 6.03. The van der Waals surface area contributed by atoms with Crippen LogP contribution < -0.4 is 5.32 Å². The molecule has 0 saturated heterocycles. The van der Waals surface area contributed by atoms with Crippen LogP contribution in [0.2, 0.25) is 0 Å². The lowest BCUT2D eigenvalue weighted by molar-refractivity contribution is 0.299. The second-order valence-electron chi connectivity index (χ2n) is 4.50. The van der Waals surface area contributed by atoms with Gasteiger partial charge in [0.2, 0.25) is 0 Å². The summed E-state index contributed by atoms with van der Waals surface area (Å²) in [6.07, 6.45) is 2.30. The van der Waals surface area contributed by atoms with E-state index in [9.17, 15) is 4.21 Å². The van der Waals surface area contributed by atoms with Crippen LogP contribution in [0.25, 0.3) is 0 Å². The molecular formula is C10H21NOS. The normalized spacial score (nSPS) is 34.8. The van der Waals surface area contributed by atoms with Crippen LogP contribution in [0.3, 0.4) is 0 Å². The molecule has 1 fully saturated rings. The molecule has 1 saturated carbocycles. The third-order valence-corrected chi connectivity index (χ3v) is 4.97. The maximum Gasteiger partial charge on any atom is 0.0506 e. The highest BCUT2D eigenvalue weighted by molar-refractivity contribution is 7.85. The van der Waals surface area contributed by atoms with E-state index in [2.05, 4.69) is 19.2 Å². The summed E-state index contributed by atoms with van der Waals surface area (Å²) in [7, 11) is 1.34. The van der Waals surface area contributed by atoms with E-state index in [4.69, 9.17) is 0 Å². The van der Waals surface area contributed by atoms with Gasteiger partial charge in [0.1, 0.15) is 0 Å². The van der Waals surface area contributed by atoms with Crippen LogP contribution in [-0.4, -0.2) is 28.3 Å². The van der Waals surface area contributed by atoms with Gasteiger partial charge in [-0.05, 0) is 25.3 Å². The van der Waals surface area contributed by atoms with Gasteiger partial charge in [0.05, 0.1) is 5.25 Å². The zero-order valence-corrected chi connectivity index (χ0v) is 9.91. The largest absolute Gasteiger partial charge is 0.315 e. The molecule has 0 spiro atoms. The minimum Gasteiger partial charge on any atom is -0.315 e. The van der Waals surface area contributed by atoms with Gasteiger partial charge >= 0.3 is 0 Å². The summed E-state index contributed by atoms with van der Waals surface area (Å²) < 4.78 is 11.7. The number of rotatable bonds is 3. The predicted molar refractivity (Wildman–Crippen MR) is 58.3 cm³/mol. The molecule has 0 aromatic carbocycles. The highest BCUT2D eigenvalue weighted by Gasteiger charge is 2.43. The molecule has 2 nitrogen and oxygen atoms in total. The summed E-state index contributed by atoms with van der Waals surface area (Å²) >= 11 is 0. The monoisotopic (exact) mass is 203 g/mol. The van der Waals surface area contributed by atoms with E-state index in [1.54, 1.807) is 0 Å². The topological polar surface area (TPSA) is 29.1 Å². The molecule has 78 valence electrons. The first kappa shape index (κ1) is 11.2. The Morgan fingerprint density at radius 3 is 2.62 bits per heavy atom. The fourth-order valence-corrected chi connectivity index (χ4v) is 4.03. The zero-order valence-electron chi connectivity index (χ0n) is 9.09. The summed E-state index contributed by atoms with van der Waals surface area (Å²) in [5.41, 5.74) is 0.310. The van der Waals surface area contributed by atoms with Gasteiger partial charge in [0, 0.05) is 22.6 Å². The Bertz CT molecular complexity index is 203. The van der Waals surface area contributed by atoms with Gasteiger partial charge in [-0.15, -0.1) is 0 Å². The lowest BCUT2D eigenvalue weighted by Gasteiger charge is -2.29. The Hall–Kier alpha value is 0.110. The molecular weight excluding hydrogens is 182 g/mol. The van der Waals surface area contributed by atoms with Crippen LogP contribution in [0.1, 0.15) is 33.6 Å². The molecule has 0 radical (unpaired) electrons. The fraction of sp³-hybridized carbons (Fsp3) is 1.00. The molecule has 1 rings (SSSR count). The second kappa shape index (κ2) is 4.09. The van der Waals surface area contributed by atoms with Crippen LogP contribution in [0, 0.1) is 5.41 Å². The van der Waals surface area contributed by atoms with E-state index in [-0.39, 0.29) is 0 Å². The van der Waals surface area contributed by atoms with Crippen molar-refractivity contribution >= 4 is 10.8 Å². The quantitative estimate of drug-likeness (QED) is 0.754. The van der Waals surface area contributed by atoms with Crippen molar-refractivity contribution in [2.24, 2.45) is 5.41 Å². The van der Waals surface area contributed by atoms with Crippen molar-refractivity contribution in [1.82, 2.24) is 5.32 Å². The van der Waals surface area contributed by atoms with Gasteiger partial charge in [0.15, 0.2) is 0 Å². The van der Waals surface area contributed by atoms with Crippen molar-refractivity contribution in [2.75, 3.05) is 12.8 Å². The van der Waals surface area contributed by atoms with Gasteiger partial charge in [-0.1, -0.05) is 20.8 Å². The average molecular weight is 203 g/mol. The third-order valence-electron chi connectivity index (χ3n) is 3.22. The molecule has 0 amide bonds. The molecule has 3 unspecified atom stereocenters. The summed E-state index contributed by atoms with van der Waals surface area (Å²) in [4.78, 5) is 0. The molecule has 0 aromatic heterocycles. The summed E-state index contributed by atoms with van der Waals surface area (Å²) in [5, 5.41) is 3.69. The van der Waals surface area contributed by atoms with E-state index in [0.29, 0.717) is 16.7 Å². The van der Waals surface area contributed by atoms with Crippen molar-refractivity contribution < 1.29 is 4.21 Å². The van der Waals surface area contributed by atoms with Gasteiger partial charge in [-0.2, -0.15) is 0 Å². The molecule has 3 atom stereocenters. The Kier molecular flexibility index (Phi) is 3.52. The van der Waals surface area contributed by atoms with Gasteiger partial charge < -0.3 is 5.32 Å². The highest BCUT2D eigenvalue weighted by Crippen LogP contribution is 2.39. The molecule has 0 bridgehead atoms. The Morgan fingerprint density at radius 1 is 1.54 bits per heavy atom. The first-order valence-electron chi connectivity index (χ1n) is 5.07. The maximum absolute atomic E-state index is 11.7. The zero-order chi connectivity index (χ0) is 10.1. The summed E-state index contributed by atoms with van der Waals surface area (Å²) in [6.45, 7) is 6.54. The van der Waals surface area contributed by atoms with Gasteiger partial charge in [-0.25, -0.2) is 0 Å². The van der Waals surface area contributed by atoms with Crippen molar-refractivity contribution in [2.45, 2.75) is 44.9 Å². The number of hydrogen-bond acceptors (Lipinski definition) is 2. The van der Waals surface area contributed by atoms with Crippen molar-refractivity contribution in [3.8, 4) is 0 Å². The Labute approximate surface area is 83.9 Å². The van der Waals surface area contributed by atoms with Crippen LogP contribution in [0.15, 0.2) is 0 Å². The Balaban J connectivity index is 2.74. The fourth-order valence-electron chi connectivity index (χ4n) is 2.41. The predicted octanol–water partition coefficient (Wildman–Crippen LogP) is 1.53. The van der Waals surface area contributed by atoms with Crippen LogP contribution in [0.5, 0.6) is 0 Å². The minimum atomic E-state index is -0.641. The molecule has 0 heterocycles. The van der Waals surface area contributed by atoms with Crippen LogP contribution in [0.4, 0.5) is 0 Å². The van der Waals surface area contributed by atoms with E-state index in [1.165, 1.54) is 6.42 Å². The average Bonchev–Trinajstić information content (AvgIpc) is 2.39. The van der Waals surface area contributed by atoms with Crippen molar-refractivity contribution in [3.63, 3.8) is 0 Å². The first-order valence-corrected chi connectivity index (χ1v) is 6.45. The molecule has 3 heteroatoms. The third kappa shape index (κ3) is 2.13. The van der Waals surface area contributed by atoms with E-state index >= 15 is 0 Å². The molecule has 13 heavy (non-hydrogen) atoms. The maximum atomic E-state index is 11.7. The van der Waals surface area contributed by atoms with Gasteiger partial charge in [-0.3, -0.25) is 4.21 Å². The SMILES string of the molecule is CCS(=O)C1CCC(C)(C)C1NC. The van der Waals surface area contributed by atoms with E-state index in [1.807, 2.05) is 14.0 Å². The number of nitrogens with one attached hydrogen (secondary N) is 1. The van der Waals surface area contributed by atoms with Crippen LogP contribution in [-0.2, 0) is 10.8 Å². The van der Waals surface area contributed by atoms with E-state index < -0.39 is 10.8 Å². The molecule has 1 N–H and O–H groups in total. The van der Waals surface area contributed by atoms with Crippen molar-refractivity contribution in [3.05, 3.63) is 0 Å². The standard InChI is InChI=1S/C10H21NOS/c1-5-13(12)8-6-7-10(2,3)9(8)11-4/h8-9,11H,5-7H2,1-4H3. The molecule has 0 aromatic rings. The summed E-state index contributed by atoms with van der Waals surface area (Å²) in [5.74, 6) is 0.791. The second-order valence-corrected chi connectivity index (χ2v) is 6.45. The molecule has 1 aliphatic rings. The van der Waals surface area contributed by atoms with Crippen molar-refractivity contribution in [1.29, 1.82) is 0 Å². The van der Waals surface area contributed by atoms with Crippen LogP contribution >= 0.6 is 0 Å². The van der Waals surface area contributed by atoms with Gasteiger partial charge in [0.25, 0.3) is 0 Å². The molecule has 1 aliphatic carbocycles. The number of hydrogen-bond donors (Lipinski definition) is 1. The minimum absolute atomic E-state index is 0.310. The van der Waals surface area contributed by atoms with E-state index in [0.717, 1.165) is 12.2 Å². The smallest absolute Gasteiger partial charge is 0.0506 e. The lowest BCUT2D eigenvalue weighted by atomic mass is 9.87. The lowest BCUT2D eigenvalue weighted by Crippen LogP contribution is -2.44. The Morgan fingerprint density at radius 2 is 2.15 bits per heavy atom. The highest BCUT2D eigenvalue weighted by atomic mass is 32.2. The molecule has 0 aliphatic heterocycles.